The molecular formula is C23H23NO6. The van der Waals surface area contributed by atoms with Gasteiger partial charge in [-0.05, 0) is 12.1 Å². The molecule has 7 nitrogen and oxygen atoms in total. The highest BCUT2D eigenvalue weighted by molar-refractivity contribution is 5.89. The zero-order valence-corrected chi connectivity index (χ0v) is 16.7. The summed E-state index contributed by atoms with van der Waals surface area (Å²) in [6, 6.07) is 14.5. The van der Waals surface area contributed by atoms with Crippen molar-refractivity contribution in [3.63, 3.8) is 0 Å². The van der Waals surface area contributed by atoms with Gasteiger partial charge in [-0.25, -0.2) is 0 Å². The highest BCUT2D eigenvalue weighted by Crippen LogP contribution is 2.27. The molecule has 3 aromatic rings. The van der Waals surface area contributed by atoms with Crippen LogP contribution in [0.3, 0.4) is 0 Å². The molecule has 7 heteroatoms. The average Bonchev–Trinajstić information content (AvgIpc) is 3.20. The first-order chi connectivity index (χ1) is 14.7. The number of methoxy groups -OCH3 is 1. The largest absolute Gasteiger partial charge is 0.497 e. The average molecular weight is 409 g/mol. The number of hydrogen-bond acceptors (Lipinski definition) is 6. The van der Waals surface area contributed by atoms with Gasteiger partial charge in [-0.2, -0.15) is 0 Å². The first-order valence-corrected chi connectivity index (χ1v) is 9.81. The molecule has 2 aromatic carbocycles. The van der Waals surface area contributed by atoms with Crippen LogP contribution in [0.5, 0.6) is 5.75 Å². The molecule has 1 atom stereocenters. The van der Waals surface area contributed by atoms with Crippen molar-refractivity contribution >= 4 is 22.8 Å². The van der Waals surface area contributed by atoms with Crippen molar-refractivity contribution in [1.82, 2.24) is 4.90 Å². The lowest BCUT2D eigenvalue weighted by Gasteiger charge is -2.30. The van der Waals surface area contributed by atoms with Gasteiger partial charge in [-0.1, -0.05) is 30.3 Å². The Labute approximate surface area is 174 Å². The van der Waals surface area contributed by atoms with E-state index in [-0.39, 0.29) is 12.3 Å². The molecule has 2 heterocycles. The van der Waals surface area contributed by atoms with Crippen molar-refractivity contribution in [2.45, 2.75) is 12.5 Å². The molecule has 156 valence electrons. The van der Waals surface area contributed by atoms with E-state index in [1.54, 1.807) is 36.3 Å². The number of morpholine rings is 1. The van der Waals surface area contributed by atoms with Crippen LogP contribution in [-0.2, 0) is 25.5 Å². The number of benzene rings is 2. The molecule has 0 bridgehead atoms. The maximum absolute atomic E-state index is 13.1. The fourth-order valence-corrected chi connectivity index (χ4v) is 3.49. The lowest BCUT2D eigenvalue weighted by Crippen LogP contribution is -2.44. The van der Waals surface area contributed by atoms with E-state index in [1.165, 1.54) is 6.26 Å². The molecule has 0 saturated carbocycles. The smallest absolute Gasteiger partial charge is 0.311 e. The maximum atomic E-state index is 13.1. The lowest BCUT2D eigenvalue weighted by atomic mass is 10.1. The predicted octanol–water partition coefficient (Wildman–Crippen LogP) is 3.13. The number of hydrogen-bond donors (Lipinski definition) is 0. The predicted molar refractivity (Wildman–Crippen MR) is 109 cm³/mol. The first kappa shape index (κ1) is 20.0. The Morgan fingerprint density at radius 1 is 1.10 bits per heavy atom. The second-order valence-corrected chi connectivity index (χ2v) is 7.02. The van der Waals surface area contributed by atoms with E-state index in [2.05, 4.69) is 0 Å². The number of carbonyl (C=O) groups excluding carboxylic acids is 2. The van der Waals surface area contributed by atoms with E-state index < -0.39 is 12.1 Å². The number of esters is 1. The Morgan fingerprint density at radius 2 is 1.87 bits per heavy atom. The topological polar surface area (TPSA) is 78.2 Å². The molecule has 0 N–H and O–H groups in total. The third kappa shape index (κ3) is 4.31. The maximum Gasteiger partial charge on any atom is 0.311 e. The summed E-state index contributed by atoms with van der Waals surface area (Å²) in [6.07, 6.45) is 0.543. The summed E-state index contributed by atoms with van der Waals surface area (Å²) in [5.41, 5.74) is 1.97. The third-order valence-electron chi connectivity index (χ3n) is 5.10. The van der Waals surface area contributed by atoms with Crippen molar-refractivity contribution in [2.75, 3.05) is 33.4 Å². The van der Waals surface area contributed by atoms with Crippen LogP contribution in [-0.4, -0.2) is 50.2 Å². The van der Waals surface area contributed by atoms with Crippen molar-refractivity contribution < 1.29 is 28.2 Å². The zero-order valence-electron chi connectivity index (χ0n) is 16.7. The quantitative estimate of drug-likeness (QED) is 0.582. The van der Waals surface area contributed by atoms with Crippen molar-refractivity contribution in [1.29, 1.82) is 0 Å². The number of fused-ring (bicyclic) bond motifs is 1. The Bertz CT molecular complexity index is 1020. The third-order valence-corrected chi connectivity index (χ3v) is 5.10. The summed E-state index contributed by atoms with van der Waals surface area (Å²) in [6.45, 7) is 1.92. The number of rotatable bonds is 6. The molecule has 1 saturated heterocycles. The Kier molecular flexibility index (Phi) is 5.99. The molecule has 1 aromatic heterocycles. The number of amides is 1. The minimum absolute atomic E-state index is 0.000939. The molecule has 0 spiro atoms. The minimum atomic E-state index is -0.991. The molecule has 30 heavy (non-hydrogen) atoms. The van der Waals surface area contributed by atoms with Crippen LogP contribution < -0.4 is 4.74 Å². The minimum Gasteiger partial charge on any atom is -0.497 e. The van der Waals surface area contributed by atoms with E-state index in [9.17, 15) is 9.59 Å². The van der Waals surface area contributed by atoms with Gasteiger partial charge in [0.2, 0.25) is 6.10 Å². The molecule has 1 aliphatic heterocycles. The fourth-order valence-electron chi connectivity index (χ4n) is 3.49. The molecule has 0 unspecified atom stereocenters. The van der Waals surface area contributed by atoms with Gasteiger partial charge in [-0.3, -0.25) is 9.59 Å². The van der Waals surface area contributed by atoms with Crippen LogP contribution in [0.15, 0.2) is 59.2 Å². The number of nitrogens with zero attached hydrogens (tertiary/aromatic N) is 1. The summed E-state index contributed by atoms with van der Waals surface area (Å²) in [5.74, 6) is -0.0603. The van der Waals surface area contributed by atoms with Crippen LogP contribution in [0.4, 0.5) is 0 Å². The molecule has 4 rings (SSSR count). The zero-order chi connectivity index (χ0) is 20.9. The van der Waals surface area contributed by atoms with Crippen molar-refractivity contribution in [3.05, 3.63) is 65.9 Å². The molecule has 1 aliphatic rings. The van der Waals surface area contributed by atoms with Crippen LogP contribution in [0, 0.1) is 0 Å². The highest BCUT2D eigenvalue weighted by Gasteiger charge is 2.30. The molecule has 0 radical (unpaired) electrons. The van der Waals surface area contributed by atoms with E-state index >= 15 is 0 Å². The Hall–Kier alpha value is -3.32. The molecular weight excluding hydrogens is 386 g/mol. The van der Waals surface area contributed by atoms with Crippen molar-refractivity contribution in [2.24, 2.45) is 0 Å². The highest BCUT2D eigenvalue weighted by atomic mass is 16.5. The fraction of sp³-hybridized carbons (Fsp3) is 0.304. The van der Waals surface area contributed by atoms with Gasteiger partial charge in [-0.15, -0.1) is 0 Å². The second-order valence-electron chi connectivity index (χ2n) is 7.02. The molecule has 0 aliphatic carbocycles. The van der Waals surface area contributed by atoms with E-state index in [0.29, 0.717) is 48.8 Å². The van der Waals surface area contributed by atoms with Gasteiger partial charge >= 0.3 is 5.97 Å². The van der Waals surface area contributed by atoms with Gasteiger partial charge in [0, 0.05) is 35.7 Å². The van der Waals surface area contributed by atoms with Gasteiger partial charge in [0.25, 0.3) is 5.91 Å². The summed E-state index contributed by atoms with van der Waals surface area (Å²) >= 11 is 0. The number of furan rings is 1. The van der Waals surface area contributed by atoms with Gasteiger partial charge in [0.15, 0.2) is 0 Å². The van der Waals surface area contributed by atoms with Gasteiger partial charge in [0.05, 0.1) is 33.0 Å². The van der Waals surface area contributed by atoms with Gasteiger partial charge in [0.1, 0.15) is 11.3 Å². The first-order valence-electron chi connectivity index (χ1n) is 9.81. The molecule has 1 amide bonds. The normalized spacial score (nSPS) is 15.0. The summed E-state index contributed by atoms with van der Waals surface area (Å²) in [7, 11) is 1.58. The standard InChI is InChI=1S/C23H23NO6/c1-27-18-7-8-19-17(15-29-20(19)14-18)13-21(25)30-22(16-5-3-2-4-6-16)23(26)24-9-11-28-12-10-24/h2-8,14-15,22H,9-13H2,1H3/t22-/m1/s1. The second kappa shape index (κ2) is 9.00. The van der Waals surface area contributed by atoms with Crippen molar-refractivity contribution in [3.8, 4) is 5.75 Å². The summed E-state index contributed by atoms with van der Waals surface area (Å²) < 4.78 is 21.7. The van der Waals surface area contributed by atoms with Crippen LogP contribution in [0.2, 0.25) is 0 Å². The molecule has 1 fully saturated rings. The summed E-state index contributed by atoms with van der Waals surface area (Å²) in [4.78, 5) is 27.5. The lowest BCUT2D eigenvalue weighted by molar-refractivity contribution is -0.162. The van der Waals surface area contributed by atoms with Crippen LogP contribution in [0.25, 0.3) is 11.0 Å². The number of ether oxygens (including phenoxy) is 3. The van der Waals surface area contributed by atoms with E-state index in [1.807, 2.05) is 24.3 Å². The Morgan fingerprint density at radius 3 is 2.60 bits per heavy atom. The Balaban J connectivity index is 1.52. The number of carbonyl (C=O) groups is 2. The SMILES string of the molecule is COc1ccc2c(CC(=O)O[C@@H](C(=O)N3CCOCC3)c3ccccc3)coc2c1. The van der Waals surface area contributed by atoms with Crippen LogP contribution in [0.1, 0.15) is 17.2 Å². The van der Waals surface area contributed by atoms with E-state index in [4.69, 9.17) is 18.6 Å². The summed E-state index contributed by atoms with van der Waals surface area (Å²) in [5, 5.41) is 0.809. The van der Waals surface area contributed by atoms with Crippen LogP contribution >= 0.6 is 0 Å². The van der Waals surface area contributed by atoms with Gasteiger partial charge < -0.3 is 23.5 Å². The van der Waals surface area contributed by atoms with E-state index in [0.717, 1.165) is 5.39 Å². The monoisotopic (exact) mass is 409 g/mol.